The minimum absolute atomic E-state index is 0.130. The van der Waals surface area contributed by atoms with Gasteiger partial charge in [-0.25, -0.2) is 9.38 Å². The van der Waals surface area contributed by atoms with Gasteiger partial charge in [-0.3, -0.25) is 9.69 Å². The smallest absolute Gasteiger partial charge is 0.262 e. The first kappa shape index (κ1) is 19.3. The Kier molecular flexibility index (Phi) is 4.31. The number of rotatable bonds is 1. The van der Waals surface area contributed by atoms with E-state index in [9.17, 15) is 14.3 Å². The summed E-state index contributed by atoms with van der Waals surface area (Å²) in [6, 6.07) is 9.68. The predicted octanol–water partition coefficient (Wildman–Crippen LogP) is 3.05. The third kappa shape index (κ3) is 2.72. The van der Waals surface area contributed by atoms with E-state index in [2.05, 4.69) is 4.99 Å². The Balaban J connectivity index is 1.72. The number of amides is 1. The number of carbonyl (C=O) groups excluding carboxylic acids is 1. The summed E-state index contributed by atoms with van der Waals surface area (Å²) in [5.74, 6) is -0.361. The SMILES string of the molecule is CN1C(=O)[C@]2(N=C1N)c1cc(-c3cc(F)cc(Cl)c3)ccc1OC1CCC(O)CC12. The van der Waals surface area contributed by atoms with Crippen molar-refractivity contribution in [1.82, 2.24) is 4.90 Å². The molecule has 5 rings (SSSR count). The maximum Gasteiger partial charge on any atom is 0.262 e. The van der Waals surface area contributed by atoms with E-state index >= 15 is 0 Å². The molecule has 2 aliphatic heterocycles. The van der Waals surface area contributed by atoms with E-state index in [0.29, 0.717) is 41.7 Å². The zero-order valence-corrected chi connectivity index (χ0v) is 17.1. The number of nitrogens with zero attached hydrogens (tertiary/aromatic N) is 2. The van der Waals surface area contributed by atoms with Crippen LogP contribution in [0, 0.1) is 11.7 Å². The van der Waals surface area contributed by atoms with Crippen molar-refractivity contribution >= 4 is 23.5 Å². The van der Waals surface area contributed by atoms with Crippen LogP contribution in [0.2, 0.25) is 5.02 Å². The molecule has 0 aromatic heterocycles. The normalized spacial score (nSPS) is 30.0. The Morgan fingerprint density at radius 2 is 2.07 bits per heavy atom. The molecule has 0 radical (unpaired) electrons. The van der Waals surface area contributed by atoms with Gasteiger partial charge in [0.1, 0.15) is 17.7 Å². The average molecular weight is 430 g/mol. The zero-order chi connectivity index (χ0) is 21.2. The van der Waals surface area contributed by atoms with Gasteiger partial charge in [-0.2, -0.15) is 0 Å². The standard InChI is InChI=1S/C22H21ClFN3O3/c1-27-20(29)22(26-21(27)25)16-8-11(12-6-13(23)9-14(24)7-12)2-4-18(16)30-19-5-3-15(28)10-17(19)22/h2,4,6-9,15,17,19,28H,3,5,10H2,1H3,(H2,25,26)/t15?,17?,19?,22-/m0/s1. The molecule has 0 bridgehead atoms. The van der Waals surface area contributed by atoms with Gasteiger partial charge in [0.15, 0.2) is 11.5 Å². The summed E-state index contributed by atoms with van der Waals surface area (Å²) >= 11 is 6.04. The highest BCUT2D eigenvalue weighted by atomic mass is 35.5. The third-order valence-electron chi connectivity index (χ3n) is 6.43. The van der Waals surface area contributed by atoms with Gasteiger partial charge in [-0.15, -0.1) is 0 Å². The molecule has 3 aliphatic rings. The van der Waals surface area contributed by atoms with Crippen LogP contribution >= 0.6 is 11.6 Å². The molecule has 3 unspecified atom stereocenters. The molecular weight excluding hydrogens is 409 g/mol. The molecule has 2 aromatic carbocycles. The molecule has 1 fully saturated rings. The Hall–Kier alpha value is -2.64. The minimum atomic E-state index is -1.27. The van der Waals surface area contributed by atoms with Gasteiger partial charge >= 0.3 is 0 Å². The fourth-order valence-corrected chi connectivity index (χ4v) is 5.20. The van der Waals surface area contributed by atoms with Crippen molar-refractivity contribution < 1.29 is 19.0 Å². The van der Waals surface area contributed by atoms with Gasteiger partial charge in [0.25, 0.3) is 5.91 Å². The van der Waals surface area contributed by atoms with Crippen LogP contribution in [0.4, 0.5) is 4.39 Å². The molecule has 2 aromatic rings. The van der Waals surface area contributed by atoms with Crippen LogP contribution in [0.15, 0.2) is 41.4 Å². The number of benzene rings is 2. The molecule has 1 spiro atoms. The van der Waals surface area contributed by atoms with Gasteiger partial charge in [-0.05, 0) is 60.7 Å². The largest absolute Gasteiger partial charge is 0.490 e. The number of ether oxygens (including phenoxy) is 1. The summed E-state index contributed by atoms with van der Waals surface area (Å²) in [5.41, 5.74) is 6.63. The molecule has 8 heteroatoms. The van der Waals surface area contributed by atoms with E-state index in [1.54, 1.807) is 25.2 Å². The summed E-state index contributed by atoms with van der Waals surface area (Å²) in [7, 11) is 1.59. The van der Waals surface area contributed by atoms with Gasteiger partial charge < -0.3 is 15.6 Å². The van der Waals surface area contributed by atoms with Gasteiger partial charge in [0, 0.05) is 23.6 Å². The average Bonchev–Trinajstić information content (AvgIpc) is 2.93. The van der Waals surface area contributed by atoms with Gasteiger partial charge in [0.2, 0.25) is 0 Å². The van der Waals surface area contributed by atoms with Crippen molar-refractivity contribution in [2.45, 2.75) is 37.0 Å². The molecule has 1 saturated carbocycles. The highest BCUT2D eigenvalue weighted by molar-refractivity contribution is 6.30. The molecule has 6 nitrogen and oxygen atoms in total. The molecule has 2 heterocycles. The summed E-state index contributed by atoms with van der Waals surface area (Å²) in [6.45, 7) is 0. The summed E-state index contributed by atoms with van der Waals surface area (Å²) in [6.07, 6.45) is 0.836. The number of aliphatic hydroxyl groups excluding tert-OH is 1. The molecule has 156 valence electrons. The highest BCUT2D eigenvalue weighted by Crippen LogP contribution is 2.53. The lowest BCUT2D eigenvalue weighted by molar-refractivity contribution is -0.138. The minimum Gasteiger partial charge on any atom is -0.490 e. The number of guanidine groups is 1. The Labute approximate surface area is 178 Å². The fraction of sp³-hybridized carbons (Fsp3) is 0.364. The number of carbonyl (C=O) groups is 1. The Morgan fingerprint density at radius 3 is 2.77 bits per heavy atom. The summed E-state index contributed by atoms with van der Waals surface area (Å²) in [4.78, 5) is 19.5. The maximum atomic E-state index is 13.9. The highest BCUT2D eigenvalue weighted by Gasteiger charge is 2.60. The number of hydrogen-bond donors (Lipinski definition) is 2. The van der Waals surface area contributed by atoms with Crippen LogP contribution in [0.25, 0.3) is 11.1 Å². The summed E-state index contributed by atoms with van der Waals surface area (Å²) in [5, 5.41) is 10.6. The summed E-state index contributed by atoms with van der Waals surface area (Å²) < 4.78 is 20.2. The van der Waals surface area contributed by atoms with E-state index in [0.717, 1.165) is 0 Å². The molecular formula is C22H21ClFN3O3. The van der Waals surface area contributed by atoms with Crippen LogP contribution in [-0.4, -0.2) is 41.1 Å². The Bertz CT molecular complexity index is 1070. The van der Waals surface area contributed by atoms with Crippen LogP contribution in [0.5, 0.6) is 5.75 Å². The maximum absolute atomic E-state index is 13.9. The number of aliphatic hydroxyl groups is 1. The second-order valence-corrected chi connectivity index (χ2v) is 8.64. The predicted molar refractivity (Wildman–Crippen MR) is 111 cm³/mol. The van der Waals surface area contributed by atoms with Gasteiger partial charge in [0.05, 0.1) is 6.10 Å². The number of likely N-dealkylation sites (N-methyl/N-ethyl adjacent to an activating group) is 1. The van der Waals surface area contributed by atoms with Crippen LogP contribution in [-0.2, 0) is 10.3 Å². The second-order valence-electron chi connectivity index (χ2n) is 8.20. The molecule has 0 saturated heterocycles. The van der Waals surface area contributed by atoms with Crippen molar-refractivity contribution in [3.05, 3.63) is 52.8 Å². The van der Waals surface area contributed by atoms with E-state index in [4.69, 9.17) is 22.1 Å². The number of hydrogen-bond acceptors (Lipinski definition) is 5. The lowest BCUT2D eigenvalue weighted by Gasteiger charge is -2.47. The number of nitrogens with two attached hydrogens (primary N) is 1. The molecule has 1 amide bonds. The lowest BCUT2D eigenvalue weighted by atomic mass is 9.66. The molecule has 4 atom stereocenters. The van der Waals surface area contributed by atoms with Crippen LogP contribution in [0.1, 0.15) is 24.8 Å². The lowest BCUT2D eigenvalue weighted by Crippen LogP contribution is -2.55. The van der Waals surface area contributed by atoms with Crippen LogP contribution in [0.3, 0.4) is 0 Å². The Morgan fingerprint density at radius 1 is 1.27 bits per heavy atom. The van der Waals surface area contributed by atoms with Crippen LogP contribution < -0.4 is 10.5 Å². The van der Waals surface area contributed by atoms with E-state index < -0.39 is 17.5 Å². The van der Waals surface area contributed by atoms with E-state index in [1.807, 2.05) is 6.07 Å². The van der Waals surface area contributed by atoms with Crippen molar-refractivity contribution in [2.75, 3.05) is 7.05 Å². The number of fused-ring (bicyclic) bond motifs is 4. The van der Waals surface area contributed by atoms with Crippen molar-refractivity contribution in [1.29, 1.82) is 0 Å². The first-order valence-corrected chi connectivity index (χ1v) is 10.3. The fourth-order valence-electron chi connectivity index (χ4n) is 4.97. The van der Waals surface area contributed by atoms with E-state index in [1.165, 1.54) is 17.0 Å². The third-order valence-corrected chi connectivity index (χ3v) is 6.64. The van der Waals surface area contributed by atoms with Crippen molar-refractivity contribution in [3.63, 3.8) is 0 Å². The molecule has 3 N–H and O–H groups in total. The van der Waals surface area contributed by atoms with E-state index in [-0.39, 0.29) is 28.9 Å². The van der Waals surface area contributed by atoms with Crippen molar-refractivity contribution in [3.8, 4) is 16.9 Å². The number of halogens is 2. The second kappa shape index (κ2) is 6.68. The quantitative estimate of drug-likeness (QED) is 0.729. The topological polar surface area (TPSA) is 88.2 Å². The van der Waals surface area contributed by atoms with Gasteiger partial charge in [-0.1, -0.05) is 17.7 Å². The number of aliphatic imine (C=N–C) groups is 1. The van der Waals surface area contributed by atoms with Crippen molar-refractivity contribution in [2.24, 2.45) is 16.6 Å². The molecule has 1 aliphatic carbocycles. The first-order chi connectivity index (χ1) is 14.3. The first-order valence-electron chi connectivity index (χ1n) is 9.89. The molecule has 30 heavy (non-hydrogen) atoms. The monoisotopic (exact) mass is 429 g/mol. The zero-order valence-electron chi connectivity index (χ0n) is 16.3.